The molecule has 0 aromatic heterocycles. The van der Waals surface area contributed by atoms with Gasteiger partial charge in [-0.15, -0.1) is 0 Å². The van der Waals surface area contributed by atoms with Crippen molar-refractivity contribution in [3.63, 3.8) is 0 Å². The van der Waals surface area contributed by atoms with Crippen molar-refractivity contribution < 1.29 is 13.9 Å². The van der Waals surface area contributed by atoms with Crippen LogP contribution in [0.2, 0.25) is 0 Å². The van der Waals surface area contributed by atoms with E-state index in [-0.39, 0.29) is 6.10 Å². The molecule has 4 rings (SSSR count). The molecular weight excluding hydrogens is 307 g/mol. The van der Waals surface area contributed by atoms with Gasteiger partial charge in [0, 0.05) is 5.56 Å². The molecule has 4 heteroatoms. The molecule has 0 saturated heterocycles. The Morgan fingerprint density at radius 3 is 2.65 bits per heavy atom. The lowest BCUT2D eigenvalue weighted by Crippen LogP contribution is -2.35. The van der Waals surface area contributed by atoms with Crippen LogP contribution in [0.4, 0.5) is 4.39 Å². The van der Waals surface area contributed by atoms with Gasteiger partial charge in [-0.3, -0.25) is 0 Å². The first-order valence-corrected chi connectivity index (χ1v) is 10.3. The first-order chi connectivity index (χ1) is 11.0. The molecular formula is C19H23FO2Si. The third-order valence-corrected chi connectivity index (χ3v) is 6.84. The smallest absolute Gasteiger partial charge is 0.138 e. The molecule has 2 fully saturated rings. The van der Waals surface area contributed by atoms with E-state index in [0.29, 0.717) is 24.2 Å². The Balaban J connectivity index is 1.47. The number of hydrogen-bond donors (Lipinski definition) is 0. The van der Waals surface area contributed by atoms with Crippen molar-refractivity contribution in [1.29, 1.82) is 0 Å². The minimum absolute atomic E-state index is 0.104. The molecule has 3 aliphatic rings. The van der Waals surface area contributed by atoms with E-state index in [1.165, 1.54) is 0 Å². The van der Waals surface area contributed by atoms with E-state index in [0.717, 1.165) is 48.1 Å². The van der Waals surface area contributed by atoms with Crippen molar-refractivity contribution in [2.45, 2.75) is 57.2 Å². The van der Waals surface area contributed by atoms with Crippen LogP contribution in [0.3, 0.4) is 0 Å². The number of fused-ring (bicyclic) bond motifs is 1. The van der Waals surface area contributed by atoms with Gasteiger partial charge in [0.1, 0.15) is 26.3 Å². The standard InChI is InChI=1S/C19H23FO2Si/c1-12-10-16-13(6-9-23-18(16)21)11-17(12)22-15-4-7-19(20,8-5-15)14-2-3-14/h6,9-11,14-15H,2-5,7-8,23H2,1H3/t15-,19-. The Morgan fingerprint density at radius 1 is 1.22 bits per heavy atom. The van der Waals surface area contributed by atoms with E-state index in [2.05, 4.69) is 6.08 Å². The highest BCUT2D eigenvalue weighted by Crippen LogP contribution is 2.50. The summed E-state index contributed by atoms with van der Waals surface area (Å²) in [5.74, 6) is 1.17. The molecule has 0 unspecified atom stereocenters. The van der Waals surface area contributed by atoms with Gasteiger partial charge in [-0.25, -0.2) is 4.39 Å². The second-order valence-corrected chi connectivity index (χ2v) is 8.88. The molecule has 2 saturated carbocycles. The SMILES string of the molecule is Cc1cc2c(cc1O[C@H]1CC[C@@](F)(C3CC3)CC1)C=C[SiH2]C2=O. The van der Waals surface area contributed by atoms with Crippen molar-refractivity contribution in [3.05, 3.63) is 34.5 Å². The van der Waals surface area contributed by atoms with E-state index in [9.17, 15) is 9.18 Å². The molecule has 0 bridgehead atoms. The molecule has 1 aromatic carbocycles. The normalized spacial score (nSPS) is 31.2. The molecule has 0 radical (unpaired) electrons. The maximum absolute atomic E-state index is 14.7. The highest BCUT2D eigenvalue weighted by Gasteiger charge is 2.47. The van der Waals surface area contributed by atoms with Crippen molar-refractivity contribution >= 4 is 21.0 Å². The van der Waals surface area contributed by atoms with Crippen LogP contribution >= 0.6 is 0 Å². The van der Waals surface area contributed by atoms with Crippen LogP contribution < -0.4 is 4.74 Å². The van der Waals surface area contributed by atoms with E-state index < -0.39 is 15.2 Å². The number of ether oxygens (including phenoxy) is 1. The quantitative estimate of drug-likeness (QED) is 0.790. The van der Waals surface area contributed by atoms with E-state index >= 15 is 0 Å². The minimum Gasteiger partial charge on any atom is -0.490 e. The molecule has 0 spiro atoms. The fourth-order valence-corrected chi connectivity index (χ4v) is 5.10. The zero-order valence-corrected chi connectivity index (χ0v) is 15.0. The summed E-state index contributed by atoms with van der Waals surface area (Å²) in [6, 6.07) is 3.96. The Hall–Kier alpha value is -1.42. The fraction of sp³-hybridized carbons (Fsp3) is 0.526. The van der Waals surface area contributed by atoms with Crippen LogP contribution in [0.5, 0.6) is 5.75 Å². The van der Waals surface area contributed by atoms with Gasteiger partial charge in [-0.05, 0) is 74.6 Å². The number of carbonyl (C=O) groups excluding carboxylic acids is 1. The molecule has 23 heavy (non-hydrogen) atoms. The lowest BCUT2D eigenvalue weighted by atomic mass is 9.81. The maximum atomic E-state index is 14.7. The van der Waals surface area contributed by atoms with Gasteiger partial charge in [-0.1, -0.05) is 11.8 Å². The second kappa shape index (κ2) is 5.59. The fourth-order valence-electron chi connectivity index (χ4n) is 3.99. The summed E-state index contributed by atoms with van der Waals surface area (Å²) in [6.07, 6.45) is 7.15. The molecule has 1 heterocycles. The van der Waals surface area contributed by atoms with Crippen molar-refractivity contribution in [3.8, 4) is 5.75 Å². The Morgan fingerprint density at radius 2 is 1.96 bits per heavy atom. The summed E-state index contributed by atoms with van der Waals surface area (Å²) in [4.78, 5) is 12.0. The van der Waals surface area contributed by atoms with Gasteiger partial charge < -0.3 is 9.53 Å². The summed E-state index contributed by atoms with van der Waals surface area (Å²) in [5, 5.41) is 0.307. The van der Waals surface area contributed by atoms with Crippen molar-refractivity contribution in [2.24, 2.45) is 5.92 Å². The first kappa shape index (κ1) is 15.1. The van der Waals surface area contributed by atoms with Crippen LogP contribution in [-0.2, 0) is 0 Å². The molecule has 2 aliphatic carbocycles. The zero-order valence-electron chi connectivity index (χ0n) is 13.6. The van der Waals surface area contributed by atoms with E-state index in [4.69, 9.17) is 4.74 Å². The zero-order chi connectivity index (χ0) is 16.0. The molecule has 2 nitrogen and oxygen atoms in total. The number of hydrogen-bond acceptors (Lipinski definition) is 2. The average molecular weight is 330 g/mol. The Kier molecular flexibility index (Phi) is 3.67. The minimum atomic E-state index is -0.926. The number of aryl methyl sites for hydroxylation is 1. The largest absolute Gasteiger partial charge is 0.490 e. The molecule has 0 N–H and O–H groups in total. The third kappa shape index (κ3) is 2.89. The number of halogens is 1. The summed E-state index contributed by atoms with van der Waals surface area (Å²) < 4.78 is 20.9. The van der Waals surface area contributed by atoms with Gasteiger partial charge in [-0.2, -0.15) is 0 Å². The lowest BCUT2D eigenvalue weighted by molar-refractivity contribution is 0.0288. The number of alkyl halides is 1. The highest BCUT2D eigenvalue weighted by atomic mass is 28.2. The molecule has 0 amide bonds. The number of benzene rings is 1. The van der Waals surface area contributed by atoms with Gasteiger partial charge >= 0.3 is 0 Å². The highest BCUT2D eigenvalue weighted by molar-refractivity contribution is 6.82. The molecule has 122 valence electrons. The molecule has 0 atom stereocenters. The summed E-state index contributed by atoms with van der Waals surface area (Å²) >= 11 is 0. The summed E-state index contributed by atoms with van der Waals surface area (Å²) in [6.45, 7) is 2.00. The van der Waals surface area contributed by atoms with Crippen LogP contribution in [0.25, 0.3) is 6.08 Å². The summed E-state index contributed by atoms with van der Waals surface area (Å²) in [5.41, 5.74) is 3.95. The van der Waals surface area contributed by atoms with Crippen LogP contribution in [0, 0.1) is 12.8 Å². The molecule has 1 aromatic rings. The number of carbonyl (C=O) groups is 1. The topological polar surface area (TPSA) is 26.3 Å². The predicted octanol–water partition coefficient (Wildman–Crippen LogP) is 3.73. The number of rotatable bonds is 3. The van der Waals surface area contributed by atoms with Crippen LogP contribution in [0.15, 0.2) is 17.8 Å². The van der Waals surface area contributed by atoms with Crippen molar-refractivity contribution in [2.75, 3.05) is 0 Å². The monoisotopic (exact) mass is 330 g/mol. The van der Waals surface area contributed by atoms with E-state index in [1.807, 2.05) is 24.8 Å². The van der Waals surface area contributed by atoms with Gasteiger partial charge in [0.2, 0.25) is 0 Å². The van der Waals surface area contributed by atoms with Gasteiger partial charge in [0.05, 0.1) is 6.10 Å². The average Bonchev–Trinajstić information content (AvgIpc) is 3.37. The van der Waals surface area contributed by atoms with Crippen LogP contribution in [-0.4, -0.2) is 26.7 Å². The van der Waals surface area contributed by atoms with Crippen LogP contribution in [0.1, 0.15) is 60.0 Å². The predicted molar refractivity (Wildman–Crippen MR) is 92.5 cm³/mol. The maximum Gasteiger partial charge on any atom is 0.138 e. The van der Waals surface area contributed by atoms with Gasteiger partial charge in [0.25, 0.3) is 0 Å². The Labute approximate surface area is 138 Å². The van der Waals surface area contributed by atoms with Gasteiger partial charge in [0.15, 0.2) is 0 Å². The Bertz CT molecular complexity index is 670. The molecule has 1 aliphatic heterocycles. The van der Waals surface area contributed by atoms with E-state index in [1.54, 1.807) is 0 Å². The van der Waals surface area contributed by atoms with Crippen molar-refractivity contribution in [1.82, 2.24) is 0 Å². The first-order valence-electron chi connectivity index (χ1n) is 8.75. The summed E-state index contributed by atoms with van der Waals surface area (Å²) in [7, 11) is -0.746. The third-order valence-electron chi connectivity index (χ3n) is 5.61. The lowest BCUT2D eigenvalue weighted by Gasteiger charge is -2.34. The second-order valence-electron chi connectivity index (χ2n) is 7.36.